The van der Waals surface area contributed by atoms with E-state index in [1.54, 1.807) is 42.0 Å². The lowest BCUT2D eigenvalue weighted by Gasteiger charge is -2.40. The topological polar surface area (TPSA) is 81.8 Å². The Morgan fingerprint density at radius 2 is 2.12 bits per heavy atom. The Morgan fingerprint density at radius 3 is 2.83 bits per heavy atom. The van der Waals surface area contributed by atoms with E-state index >= 15 is 0 Å². The van der Waals surface area contributed by atoms with Crippen LogP contribution in [0.2, 0.25) is 0 Å². The molecule has 2 heterocycles. The standard InChI is InChI=1S/C16H19BrN4O3/c1-9(18-2)15(23)20-5-6-21-13(8-20)14(22)19-12-4-3-10(17)7-11(12)16(21)24/h3-4,7,9,13,18H,5-6,8H2,1-2H3,(H,19,22). The Labute approximate surface area is 148 Å². The van der Waals surface area contributed by atoms with E-state index in [-0.39, 0.29) is 30.3 Å². The van der Waals surface area contributed by atoms with Gasteiger partial charge in [0, 0.05) is 17.6 Å². The third-order valence-corrected chi connectivity index (χ3v) is 5.02. The van der Waals surface area contributed by atoms with E-state index in [0.29, 0.717) is 24.3 Å². The summed E-state index contributed by atoms with van der Waals surface area (Å²) in [5.41, 5.74) is 0.965. The van der Waals surface area contributed by atoms with Gasteiger partial charge in [0.2, 0.25) is 11.8 Å². The summed E-state index contributed by atoms with van der Waals surface area (Å²) in [6.45, 7) is 2.74. The smallest absolute Gasteiger partial charge is 0.256 e. The maximum Gasteiger partial charge on any atom is 0.256 e. The number of fused-ring (bicyclic) bond motifs is 2. The van der Waals surface area contributed by atoms with Gasteiger partial charge in [-0.1, -0.05) is 15.9 Å². The first-order chi connectivity index (χ1) is 11.4. The zero-order valence-electron chi connectivity index (χ0n) is 13.5. The second kappa shape index (κ2) is 6.52. The van der Waals surface area contributed by atoms with Crippen molar-refractivity contribution in [1.29, 1.82) is 0 Å². The van der Waals surface area contributed by atoms with E-state index in [1.165, 1.54) is 0 Å². The Morgan fingerprint density at radius 1 is 1.38 bits per heavy atom. The van der Waals surface area contributed by atoms with Crippen LogP contribution in [0.3, 0.4) is 0 Å². The molecule has 128 valence electrons. The van der Waals surface area contributed by atoms with Crippen molar-refractivity contribution < 1.29 is 14.4 Å². The highest BCUT2D eigenvalue weighted by molar-refractivity contribution is 9.10. The molecule has 0 saturated carbocycles. The minimum atomic E-state index is -0.676. The van der Waals surface area contributed by atoms with Crippen molar-refractivity contribution in [2.75, 3.05) is 32.0 Å². The minimum absolute atomic E-state index is 0.0677. The van der Waals surface area contributed by atoms with Crippen LogP contribution in [0.4, 0.5) is 5.69 Å². The lowest BCUT2D eigenvalue weighted by Crippen LogP contribution is -2.61. The van der Waals surface area contributed by atoms with Crippen molar-refractivity contribution in [3.63, 3.8) is 0 Å². The molecule has 2 aliphatic rings. The molecule has 0 aromatic heterocycles. The molecule has 1 aromatic rings. The number of anilines is 1. The first kappa shape index (κ1) is 16.9. The Balaban J connectivity index is 1.88. The summed E-state index contributed by atoms with van der Waals surface area (Å²) in [5, 5.41) is 5.72. The highest BCUT2D eigenvalue weighted by Gasteiger charge is 2.40. The summed E-state index contributed by atoms with van der Waals surface area (Å²) in [6, 6.07) is 4.20. The zero-order valence-corrected chi connectivity index (χ0v) is 15.1. The van der Waals surface area contributed by atoms with Crippen LogP contribution >= 0.6 is 15.9 Å². The number of nitrogens with zero attached hydrogens (tertiary/aromatic N) is 2. The Bertz CT molecular complexity index is 709. The summed E-state index contributed by atoms with van der Waals surface area (Å²) >= 11 is 3.36. The molecule has 1 saturated heterocycles. The van der Waals surface area contributed by atoms with Gasteiger partial charge in [-0.25, -0.2) is 0 Å². The largest absolute Gasteiger partial charge is 0.337 e. The number of nitrogens with one attached hydrogen (secondary N) is 2. The van der Waals surface area contributed by atoms with Crippen molar-refractivity contribution in [2.45, 2.75) is 19.0 Å². The molecule has 1 fully saturated rings. The Kier molecular flexibility index (Phi) is 4.60. The average molecular weight is 395 g/mol. The van der Waals surface area contributed by atoms with Gasteiger partial charge < -0.3 is 20.4 Å². The molecular formula is C16H19BrN4O3. The highest BCUT2D eigenvalue weighted by Crippen LogP contribution is 2.28. The first-order valence-corrected chi connectivity index (χ1v) is 8.59. The molecule has 3 amide bonds. The second-order valence-corrected chi connectivity index (χ2v) is 6.90. The molecule has 2 atom stereocenters. The van der Waals surface area contributed by atoms with Crippen LogP contribution in [-0.2, 0) is 9.59 Å². The molecule has 0 spiro atoms. The number of piperazine rings is 1. The fraction of sp³-hybridized carbons (Fsp3) is 0.438. The van der Waals surface area contributed by atoms with Crippen LogP contribution in [-0.4, -0.2) is 66.3 Å². The number of rotatable bonds is 2. The number of hydrogen-bond acceptors (Lipinski definition) is 4. The fourth-order valence-electron chi connectivity index (χ4n) is 3.02. The van der Waals surface area contributed by atoms with Gasteiger partial charge in [-0.3, -0.25) is 14.4 Å². The first-order valence-electron chi connectivity index (χ1n) is 7.80. The summed E-state index contributed by atoms with van der Waals surface area (Å²) < 4.78 is 0.777. The van der Waals surface area contributed by atoms with E-state index in [0.717, 1.165) is 4.47 Å². The van der Waals surface area contributed by atoms with Crippen LogP contribution in [0.1, 0.15) is 17.3 Å². The lowest BCUT2D eigenvalue weighted by atomic mass is 10.1. The number of carbonyl (C=O) groups is 3. The third-order valence-electron chi connectivity index (χ3n) is 4.53. The quantitative estimate of drug-likeness (QED) is 0.771. The van der Waals surface area contributed by atoms with E-state index in [2.05, 4.69) is 26.6 Å². The van der Waals surface area contributed by atoms with Crippen molar-refractivity contribution in [3.05, 3.63) is 28.2 Å². The van der Waals surface area contributed by atoms with Gasteiger partial charge in [0.15, 0.2) is 0 Å². The molecule has 2 aliphatic heterocycles. The minimum Gasteiger partial charge on any atom is -0.337 e. The molecule has 2 unspecified atom stereocenters. The highest BCUT2D eigenvalue weighted by atomic mass is 79.9. The molecule has 8 heteroatoms. The van der Waals surface area contributed by atoms with Gasteiger partial charge in [-0.15, -0.1) is 0 Å². The Hall–Kier alpha value is -1.93. The molecule has 0 radical (unpaired) electrons. The number of carbonyl (C=O) groups excluding carboxylic acids is 3. The monoisotopic (exact) mass is 394 g/mol. The summed E-state index contributed by atoms with van der Waals surface area (Å²) in [4.78, 5) is 41.0. The van der Waals surface area contributed by atoms with Gasteiger partial charge in [0.05, 0.1) is 23.8 Å². The summed E-state index contributed by atoms with van der Waals surface area (Å²) in [6.07, 6.45) is 0. The fourth-order valence-corrected chi connectivity index (χ4v) is 3.38. The molecule has 0 aliphatic carbocycles. The van der Waals surface area contributed by atoms with Crippen molar-refractivity contribution in [2.24, 2.45) is 0 Å². The van der Waals surface area contributed by atoms with Crippen LogP contribution in [0.25, 0.3) is 0 Å². The normalized spacial score (nSPS) is 21.5. The number of likely N-dealkylation sites (N-methyl/N-ethyl adjacent to an activating group) is 1. The van der Waals surface area contributed by atoms with E-state index in [1.807, 2.05) is 0 Å². The van der Waals surface area contributed by atoms with Crippen molar-refractivity contribution >= 4 is 39.3 Å². The molecule has 1 aromatic carbocycles. The van der Waals surface area contributed by atoms with E-state index in [4.69, 9.17) is 0 Å². The second-order valence-electron chi connectivity index (χ2n) is 5.99. The van der Waals surface area contributed by atoms with Crippen LogP contribution in [0.15, 0.2) is 22.7 Å². The number of amides is 3. The molecule has 2 N–H and O–H groups in total. The summed E-state index contributed by atoms with van der Waals surface area (Å²) in [7, 11) is 1.72. The van der Waals surface area contributed by atoms with Crippen molar-refractivity contribution in [1.82, 2.24) is 15.1 Å². The predicted molar refractivity (Wildman–Crippen MR) is 92.7 cm³/mol. The van der Waals surface area contributed by atoms with Crippen LogP contribution in [0, 0.1) is 0 Å². The van der Waals surface area contributed by atoms with Gasteiger partial charge in [-0.2, -0.15) is 0 Å². The summed E-state index contributed by atoms with van der Waals surface area (Å²) in [5.74, 6) is -0.524. The van der Waals surface area contributed by atoms with Crippen LogP contribution < -0.4 is 10.6 Å². The van der Waals surface area contributed by atoms with E-state index in [9.17, 15) is 14.4 Å². The lowest BCUT2D eigenvalue weighted by molar-refractivity contribution is -0.137. The number of benzene rings is 1. The van der Waals surface area contributed by atoms with Crippen LogP contribution in [0.5, 0.6) is 0 Å². The maximum absolute atomic E-state index is 12.8. The van der Waals surface area contributed by atoms with Crippen molar-refractivity contribution in [3.8, 4) is 0 Å². The SMILES string of the molecule is CNC(C)C(=O)N1CCN2C(=O)c3cc(Br)ccc3NC(=O)C2C1. The number of halogens is 1. The predicted octanol–water partition coefficient (Wildman–Crippen LogP) is 0.662. The van der Waals surface area contributed by atoms with Gasteiger partial charge >= 0.3 is 0 Å². The molecule has 3 rings (SSSR count). The van der Waals surface area contributed by atoms with Gasteiger partial charge in [-0.05, 0) is 32.2 Å². The van der Waals surface area contributed by atoms with E-state index < -0.39 is 6.04 Å². The van der Waals surface area contributed by atoms with Gasteiger partial charge in [0.25, 0.3) is 5.91 Å². The number of hydrogen-bond donors (Lipinski definition) is 2. The maximum atomic E-state index is 12.8. The zero-order chi connectivity index (χ0) is 17.4. The molecule has 24 heavy (non-hydrogen) atoms. The molecule has 0 bridgehead atoms. The molecule has 7 nitrogen and oxygen atoms in total. The van der Waals surface area contributed by atoms with Gasteiger partial charge in [0.1, 0.15) is 6.04 Å². The molecular weight excluding hydrogens is 376 g/mol. The third kappa shape index (κ3) is 2.91. The average Bonchev–Trinajstić information content (AvgIpc) is 2.69.